The third kappa shape index (κ3) is 3.81. The lowest BCUT2D eigenvalue weighted by atomic mass is 10.0. The van der Waals surface area contributed by atoms with Gasteiger partial charge in [-0.2, -0.15) is 13.2 Å². The summed E-state index contributed by atoms with van der Waals surface area (Å²) in [5.74, 6) is -1.80. The van der Waals surface area contributed by atoms with E-state index in [0.717, 1.165) is 0 Å². The third-order valence-electron chi connectivity index (χ3n) is 3.30. The molecule has 1 aromatic carbocycles. The average Bonchev–Trinajstić information content (AvgIpc) is 2.47. The summed E-state index contributed by atoms with van der Waals surface area (Å²) < 4.78 is 43.4. The third-order valence-corrected chi connectivity index (χ3v) is 3.55. The molecule has 0 radical (unpaired) electrons. The quantitative estimate of drug-likeness (QED) is 0.822. The van der Waals surface area contributed by atoms with Gasteiger partial charge >= 0.3 is 6.18 Å². The van der Waals surface area contributed by atoms with E-state index in [1.165, 1.54) is 6.20 Å². The van der Waals surface area contributed by atoms with Crippen molar-refractivity contribution in [2.75, 3.05) is 11.5 Å². The molecule has 22 heavy (non-hydrogen) atoms. The molecule has 1 atom stereocenters. The molecule has 1 unspecified atom stereocenters. The molecule has 7 heteroatoms. The largest absolute Gasteiger partial charge is 0.454 e. The average molecular weight is 334 g/mol. The maximum Gasteiger partial charge on any atom is 0.454 e. The number of rotatable bonds is 4. The van der Waals surface area contributed by atoms with E-state index in [1.54, 1.807) is 36.1 Å². The molecular formula is C15H15ClF3NO2. The summed E-state index contributed by atoms with van der Waals surface area (Å²) in [6.07, 6.45) is -3.70. The molecule has 0 bridgehead atoms. The van der Waals surface area contributed by atoms with Crippen LogP contribution in [0.1, 0.15) is 19.8 Å². The van der Waals surface area contributed by atoms with Crippen LogP contribution in [0.3, 0.4) is 0 Å². The summed E-state index contributed by atoms with van der Waals surface area (Å²) in [6, 6.07) is 6.61. The number of benzene rings is 1. The van der Waals surface area contributed by atoms with Gasteiger partial charge in [0.15, 0.2) is 0 Å². The van der Waals surface area contributed by atoms with E-state index in [2.05, 4.69) is 0 Å². The Labute approximate surface area is 131 Å². The Balaban J connectivity index is 2.34. The summed E-state index contributed by atoms with van der Waals surface area (Å²) in [5, 5.41) is 0.518. The van der Waals surface area contributed by atoms with Crippen molar-refractivity contribution in [2.24, 2.45) is 0 Å². The number of hydrogen-bond donors (Lipinski definition) is 0. The van der Waals surface area contributed by atoms with Crippen LogP contribution in [0.5, 0.6) is 0 Å². The minimum Gasteiger partial charge on any atom is -0.358 e. The fourth-order valence-electron chi connectivity index (χ4n) is 2.30. The van der Waals surface area contributed by atoms with Crippen molar-refractivity contribution in [2.45, 2.75) is 32.2 Å². The van der Waals surface area contributed by atoms with Crippen LogP contribution in [-0.4, -0.2) is 24.8 Å². The molecule has 2 rings (SSSR count). The topological polar surface area (TPSA) is 29.5 Å². The number of carbonyl (C=O) groups is 1. The standard InChI is InChI=1S/C15H15ClF3NO2/c1-2-22-13-8-3-10(14(21)15(17,18)19)9-20(13)12-6-4-11(16)5-7-12/h4-7,9,13H,2-3,8H2,1H3. The van der Waals surface area contributed by atoms with E-state index >= 15 is 0 Å². The maximum atomic E-state index is 12.6. The van der Waals surface area contributed by atoms with Gasteiger partial charge in [0.25, 0.3) is 5.78 Å². The van der Waals surface area contributed by atoms with Crippen LogP contribution < -0.4 is 4.90 Å². The summed E-state index contributed by atoms with van der Waals surface area (Å²) in [7, 11) is 0. The van der Waals surface area contributed by atoms with Crippen LogP contribution in [0.25, 0.3) is 0 Å². The normalized spacial score (nSPS) is 19.0. The van der Waals surface area contributed by atoms with Gasteiger partial charge in [0.05, 0.1) is 0 Å². The second-order valence-corrected chi connectivity index (χ2v) is 5.25. The molecule has 1 aliphatic rings. The Morgan fingerprint density at radius 3 is 2.55 bits per heavy atom. The molecule has 0 aliphatic carbocycles. The van der Waals surface area contributed by atoms with Gasteiger partial charge in [-0.15, -0.1) is 0 Å². The molecular weight excluding hydrogens is 319 g/mol. The minimum absolute atomic E-state index is 0.0348. The molecule has 1 aromatic rings. The molecule has 3 nitrogen and oxygen atoms in total. The van der Waals surface area contributed by atoms with Gasteiger partial charge < -0.3 is 9.64 Å². The second kappa shape index (κ2) is 6.71. The highest BCUT2D eigenvalue weighted by Crippen LogP contribution is 2.32. The minimum atomic E-state index is -4.87. The lowest BCUT2D eigenvalue weighted by Crippen LogP contribution is -2.39. The Hall–Kier alpha value is -1.53. The first-order chi connectivity index (χ1) is 10.3. The summed E-state index contributed by atoms with van der Waals surface area (Å²) in [5.41, 5.74) is 0.355. The molecule has 0 saturated heterocycles. The zero-order valence-electron chi connectivity index (χ0n) is 11.9. The molecule has 0 amide bonds. The number of allylic oxidation sites excluding steroid dienone is 1. The SMILES string of the molecule is CCOC1CCC(C(=O)C(F)(F)F)=CN1c1ccc(Cl)cc1. The van der Waals surface area contributed by atoms with Gasteiger partial charge in [-0.05, 0) is 44.0 Å². The Morgan fingerprint density at radius 2 is 2.00 bits per heavy atom. The lowest BCUT2D eigenvalue weighted by molar-refractivity contribution is -0.166. The van der Waals surface area contributed by atoms with Gasteiger partial charge in [-0.1, -0.05) is 11.6 Å². The van der Waals surface area contributed by atoms with Crippen LogP contribution >= 0.6 is 11.6 Å². The van der Waals surface area contributed by atoms with Gasteiger partial charge in [-0.25, -0.2) is 0 Å². The Morgan fingerprint density at radius 1 is 1.36 bits per heavy atom. The number of hydrogen-bond acceptors (Lipinski definition) is 3. The first kappa shape index (κ1) is 16.8. The monoisotopic (exact) mass is 333 g/mol. The lowest BCUT2D eigenvalue weighted by Gasteiger charge is -2.35. The van der Waals surface area contributed by atoms with Gasteiger partial charge in [-0.3, -0.25) is 4.79 Å². The van der Waals surface area contributed by atoms with Crippen LogP contribution in [0.15, 0.2) is 36.0 Å². The van der Waals surface area contributed by atoms with Crippen LogP contribution in [0.2, 0.25) is 5.02 Å². The molecule has 0 spiro atoms. The number of alkyl halides is 3. The molecule has 1 aliphatic heterocycles. The van der Waals surface area contributed by atoms with Crippen molar-refractivity contribution in [3.63, 3.8) is 0 Å². The van der Waals surface area contributed by atoms with E-state index in [9.17, 15) is 18.0 Å². The first-order valence-corrected chi connectivity index (χ1v) is 7.18. The van der Waals surface area contributed by atoms with Crippen molar-refractivity contribution in [3.05, 3.63) is 41.1 Å². The van der Waals surface area contributed by atoms with Crippen molar-refractivity contribution in [3.8, 4) is 0 Å². The molecule has 0 N–H and O–H groups in total. The molecule has 120 valence electrons. The first-order valence-electron chi connectivity index (χ1n) is 6.80. The van der Waals surface area contributed by atoms with E-state index in [0.29, 0.717) is 23.7 Å². The van der Waals surface area contributed by atoms with Gasteiger partial charge in [0, 0.05) is 29.1 Å². The second-order valence-electron chi connectivity index (χ2n) is 4.81. The number of nitrogens with zero attached hydrogens (tertiary/aromatic N) is 1. The van der Waals surface area contributed by atoms with Crippen LogP contribution in [0.4, 0.5) is 18.9 Å². The molecule has 0 saturated carbocycles. The van der Waals surface area contributed by atoms with E-state index < -0.39 is 18.2 Å². The Bertz CT molecular complexity index is 569. The molecule has 1 heterocycles. The zero-order valence-corrected chi connectivity index (χ0v) is 12.6. The number of ether oxygens (including phenoxy) is 1. The summed E-state index contributed by atoms with van der Waals surface area (Å²) in [6.45, 7) is 2.23. The van der Waals surface area contributed by atoms with E-state index in [-0.39, 0.29) is 12.0 Å². The number of halogens is 4. The predicted molar refractivity (Wildman–Crippen MR) is 77.7 cm³/mol. The van der Waals surface area contributed by atoms with Gasteiger partial charge in [0.1, 0.15) is 6.23 Å². The smallest absolute Gasteiger partial charge is 0.358 e. The molecule has 0 fully saturated rings. The Kier molecular flexibility index (Phi) is 5.13. The van der Waals surface area contributed by atoms with Crippen molar-refractivity contribution < 1.29 is 22.7 Å². The van der Waals surface area contributed by atoms with Crippen molar-refractivity contribution in [1.29, 1.82) is 0 Å². The number of carbonyl (C=O) groups excluding carboxylic acids is 1. The van der Waals surface area contributed by atoms with E-state index in [4.69, 9.17) is 16.3 Å². The fraction of sp³-hybridized carbons (Fsp3) is 0.400. The number of Topliss-reactive ketones (excluding diaryl/α,β-unsaturated/α-hetero) is 1. The molecule has 0 aromatic heterocycles. The number of ketones is 1. The highest BCUT2D eigenvalue weighted by atomic mass is 35.5. The summed E-state index contributed by atoms with van der Waals surface area (Å²) in [4.78, 5) is 13.0. The van der Waals surface area contributed by atoms with Crippen molar-refractivity contribution in [1.82, 2.24) is 0 Å². The van der Waals surface area contributed by atoms with Gasteiger partial charge in [0.2, 0.25) is 0 Å². The van der Waals surface area contributed by atoms with E-state index in [1.807, 2.05) is 0 Å². The number of anilines is 1. The fourth-order valence-corrected chi connectivity index (χ4v) is 2.42. The van der Waals surface area contributed by atoms with Crippen LogP contribution in [-0.2, 0) is 9.53 Å². The summed E-state index contributed by atoms with van der Waals surface area (Å²) >= 11 is 5.82. The van der Waals surface area contributed by atoms with Crippen molar-refractivity contribution >= 4 is 23.1 Å². The van der Waals surface area contributed by atoms with Crippen LogP contribution in [0, 0.1) is 0 Å². The maximum absolute atomic E-state index is 12.6. The highest BCUT2D eigenvalue weighted by Gasteiger charge is 2.42. The predicted octanol–water partition coefficient (Wildman–Crippen LogP) is 4.32. The highest BCUT2D eigenvalue weighted by molar-refractivity contribution is 6.30. The zero-order chi connectivity index (χ0) is 16.3.